The summed E-state index contributed by atoms with van der Waals surface area (Å²) in [4.78, 5) is 44.9. The fraction of sp³-hybridized carbons (Fsp3) is 0.375. The number of carbonyl (C=O) groups is 4. The van der Waals surface area contributed by atoms with Gasteiger partial charge in [0.05, 0.1) is 6.54 Å². The Morgan fingerprint density at radius 2 is 1.69 bits per heavy atom. The minimum atomic E-state index is -1.46. The second-order valence-corrected chi connectivity index (χ2v) is 5.41. The summed E-state index contributed by atoms with van der Waals surface area (Å²) >= 11 is 0. The van der Waals surface area contributed by atoms with Crippen LogP contribution >= 0.6 is 0 Å². The molecule has 1 aromatic rings. The molecular formula is C16H21N3O7. The number of carbonyl (C=O) groups excluding carboxylic acids is 2. The lowest BCUT2D eigenvalue weighted by Crippen LogP contribution is -2.47. The van der Waals surface area contributed by atoms with Gasteiger partial charge in [-0.3, -0.25) is 14.8 Å². The van der Waals surface area contributed by atoms with Crippen molar-refractivity contribution in [3.63, 3.8) is 0 Å². The summed E-state index contributed by atoms with van der Waals surface area (Å²) in [6.07, 6.45) is -0.976. The van der Waals surface area contributed by atoms with Crippen LogP contribution in [0.1, 0.15) is 24.8 Å². The molecule has 10 heteroatoms. The number of rotatable bonds is 10. The first kappa shape index (κ1) is 20.9. The van der Waals surface area contributed by atoms with Crippen molar-refractivity contribution in [1.29, 1.82) is 0 Å². The van der Waals surface area contributed by atoms with E-state index in [1.165, 1.54) is 0 Å². The Morgan fingerprint density at radius 1 is 1.04 bits per heavy atom. The number of hydrogen-bond acceptors (Lipinski definition) is 5. The summed E-state index contributed by atoms with van der Waals surface area (Å²) in [6.45, 7) is -0.0503. The van der Waals surface area contributed by atoms with Crippen molar-refractivity contribution < 1.29 is 34.6 Å². The first-order valence-corrected chi connectivity index (χ1v) is 7.81. The van der Waals surface area contributed by atoms with Crippen molar-refractivity contribution in [2.45, 2.75) is 31.8 Å². The van der Waals surface area contributed by atoms with Crippen molar-refractivity contribution in [2.24, 2.45) is 0 Å². The van der Waals surface area contributed by atoms with Crippen molar-refractivity contribution in [2.75, 3.05) is 6.54 Å². The molecule has 0 aromatic heterocycles. The van der Waals surface area contributed by atoms with Gasteiger partial charge in [-0.25, -0.2) is 14.7 Å². The van der Waals surface area contributed by atoms with Gasteiger partial charge < -0.3 is 20.8 Å². The Morgan fingerprint density at radius 3 is 2.27 bits per heavy atom. The van der Waals surface area contributed by atoms with Crippen LogP contribution in [0.3, 0.4) is 0 Å². The molecule has 0 aliphatic carbocycles. The molecule has 0 saturated heterocycles. The third-order valence-corrected chi connectivity index (χ3v) is 3.36. The zero-order valence-corrected chi connectivity index (χ0v) is 13.9. The predicted octanol–water partition coefficient (Wildman–Crippen LogP) is 0.412. The molecule has 0 aliphatic heterocycles. The highest BCUT2D eigenvalue weighted by Crippen LogP contribution is 2.01. The first-order valence-electron chi connectivity index (χ1n) is 7.81. The predicted molar refractivity (Wildman–Crippen MR) is 88.2 cm³/mol. The van der Waals surface area contributed by atoms with Gasteiger partial charge in [0, 0.05) is 19.4 Å². The minimum Gasteiger partial charge on any atom is -0.481 e. The van der Waals surface area contributed by atoms with Crippen LogP contribution in [0.4, 0.5) is 4.79 Å². The van der Waals surface area contributed by atoms with Gasteiger partial charge in [0.2, 0.25) is 5.91 Å². The Labute approximate surface area is 149 Å². The zero-order valence-electron chi connectivity index (χ0n) is 13.9. The monoisotopic (exact) mass is 367 g/mol. The fourth-order valence-corrected chi connectivity index (χ4v) is 1.94. The van der Waals surface area contributed by atoms with Crippen molar-refractivity contribution in [1.82, 2.24) is 15.7 Å². The second kappa shape index (κ2) is 10.7. The van der Waals surface area contributed by atoms with E-state index in [1.807, 2.05) is 35.6 Å². The molecule has 1 rings (SSSR count). The highest BCUT2D eigenvalue weighted by molar-refractivity contribution is 5.83. The second-order valence-electron chi connectivity index (χ2n) is 5.41. The summed E-state index contributed by atoms with van der Waals surface area (Å²) in [5, 5.41) is 31.9. The minimum absolute atomic E-state index is 0.179. The van der Waals surface area contributed by atoms with Gasteiger partial charge in [0.15, 0.2) is 0 Å². The highest BCUT2D eigenvalue weighted by Gasteiger charge is 2.23. The summed E-state index contributed by atoms with van der Waals surface area (Å²) in [6, 6.07) is 6.56. The van der Waals surface area contributed by atoms with E-state index in [0.29, 0.717) is 6.54 Å². The Kier molecular flexibility index (Phi) is 8.58. The van der Waals surface area contributed by atoms with Gasteiger partial charge in [-0.15, -0.1) is 0 Å². The number of benzene rings is 1. The van der Waals surface area contributed by atoms with Crippen LogP contribution in [0.5, 0.6) is 0 Å². The molecule has 0 saturated carbocycles. The molecule has 5 N–H and O–H groups in total. The molecule has 26 heavy (non-hydrogen) atoms. The van der Waals surface area contributed by atoms with Crippen LogP contribution < -0.4 is 10.6 Å². The zero-order chi connectivity index (χ0) is 19.5. The Balaban J connectivity index is 2.36. The van der Waals surface area contributed by atoms with Crippen LogP contribution in [0, 0.1) is 0 Å². The van der Waals surface area contributed by atoms with Gasteiger partial charge >= 0.3 is 18.0 Å². The number of nitrogens with one attached hydrogen (secondary N) is 2. The van der Waals surface area contributed by atoms with E-state index >= 15 is 0 Å². The van der Waals surface area contributed by atoms with E-state index in [1.54, 1.807) is 0 Å². The van der Waals surface area contributed by atoms with Gasteiger partial charge in [0.25, 0.3) is 0 Å². The summed E-state index contributed by atoms with van der Waals surface area (Å²) < 4.78 is 0. The molecule has 3 amide bonds. The van der Waals surface area contributed by atoms with Crippen LogP contribution in [0.2, 0.25) is 0 Å². The van der Waals surface area contributed by atoms with Crippen LogP contribution in [0.15, 0.2) is 30.3 Å². The maximum atomic E-state index is 11.7. The summed E-state index contributed by atoms with van der Waals surface area (Å²) in [5.74, 6) is -3.03. The van der Waals surface area contributed by atoms with Crippen LogP contribution in [-0.4, -0.2) is 56.9 Å². The van der Waals surface area contributed by atoms with E-state index in [9.17, 15) is 24.4 Å². The van der Waals surface area contributed by atoms with Crippen LogP contribution in [-0.2, 0) is 20.9 Å². The number of carboxylic acid groups (broad SMARTS) is 2. The molecule has 0 unspecified atom stereocenters. The number of hydroxylamine groups is 2. The molecule has 1 aromatic carbocycles. The van der Waals surface area contributed by atoms with Gasteiger partial charge in [-0.2, -0.15) is 0 Å². The number of carboxylic acids is 2. The summed E-state index contributed by atoms with van der Waals surface area (Å²) in [5.41, 5.74) is 0.891. The van der Waals surface area contributed by atoms with Gasteiger partial charge in [0.1, 0.15) is 6.04 Å². The molecule has 0 spiro atoms. The molecule has 10 nitrogen and oxygen atoms in total. The molecule has 1 atom stereocenters. The average molecular weight is 367 g/mol. The van der Waals surface area contributed by atoms with Crippen LogP contribution in [0.25, 0.3) is 0 Å². The largest absolute Gasteiger partial charge is 0.481 e. The molecule has 0 radical (unpaired) electrons. The number of nitrogens with zero attached hydrogens (tertiary/aromatic N) is 1. The normalized spacial score (nSPS) is 11.3. The van der Waals surface area contributed by atoms with E-state index in [0.717, 1.165) is 5.56 Å². The molecular weight excluding hydrogens is 346 g/mol. The van der Waals surface area contributed by atoms with E-state index in [2.05, 4.69) is 5.32 Å². The number of hydrogen-bond donors (Lipinski definition) is 5. The molecule has 142 valence electrons. The molecule has 0 aliphatic rings. The van der Waals surface area contributed by atoms with Gasteiger partial charge in [-0.05, 0) is 12.0 Å². The average Bonchev–Trinajstić information content (AvgIpc) is 2.61. The fourth-order valence-electron chi connectivity index (χ4n) is 1.94. The third-order valence-electron chi connectivity index (χ3n) is 3.36. The lowest BCUT2D eigenvalue weighted by molar-refractivity contribution is -0.141. The standard InChI is InChI=1S/C16H21N3O7/c20-13(17-10-11-4-2-1-3-5-11)8-9-19(26)16(25)18-12(15(23)24)6-7-14(21)22/h1-5,12,26H,6-10H2,(H,17,20)(H,18,25)(H,21,22)(H,23,24)/t12-/m1/s1. The SMILES string of the molecule is O=C(O)CC[C@@H](NC(=O)N(O)CCC(=O)NCc1ccccc1)C(=O)O. The maximum absolute atomic E-state index is 11.7. The Hall–Kier alpha value is -3.14. The smallest absolute Gasteiger partial charge is 0.341 e. The Bertz CT molecular complexity index is 636. The van der Waals surface area contributed by atoms with E-state index < -0.39 is 36.3 Å². The van der Waals surface area contributed by atoms with Crippen molar-refractivity contribution in [3.8, 4) is 0 Å². The quantitative estimate of drug-likeness (QED) is 0.296. The molecule has 0 fully saturated rings. The third kappa shape index (κ3) is 8.11. The number of aliphatic carboxylic acids is 2. The van der Waals surface area contributed by atoms with E-state index in [-0.39, 0.29) is 24.4 Å². The topological polar surface area (TPSA) is 156 Å². The number of urea groups is 1. The first-order chi connectivity index (χ1) is 12.3. The number of amides is 3. The lowest BCUT2D eigenvalue weighted by Gasteiger charge is -2.19. The van der Waals surface area contributed by atoms with Crippen molar-refractivity contribution >= 4 is 23.9 Å². The van der Waals surface area contributed by atoms with E-state index in [4.69, 9.17) is 10.2 Å². The maximum Gasteiger partial charge on any atom is 0.341 e. The highest BCUT2D eigenvalue weighted by atomic mass is 16.5. The van der Waals surface area contributed by atoms with Crippen molar-refractivity contribution in [3.05, 3.63) is 35.9 Å². The summed E-state index contributed by atoms with van der Waals surface area (Å²) in [7, 11) is 0. The van der Waals surface area contributed by atoms with Gasteiger partial charge in [-0.1, -0.05) is 30.3 Å². The molecule has 0 bridgehead atoms. The molecule has 0 heterocycles. The lowest BCUT2D eigenvalue weighted by atomic mass is 10.1.